The van der Waals surface area contributed by atoms with Gasteiger partial charge in [-0.25, -0.2) is 0 Å². The first-order valence-electron chi connectivity index (χ1n) is 8.87. The molecule has 5 nitrogen and oxygen atoms in total. The molecule has 0 saturated heterocycles. The number of nitrogens with one attached hydrogen (secondary N) is 3. The summed E-state index contributed by atoms with van der Waals surface area (Å²) >= 11 is 5.12. The van der Waals surface area contributed by atoms with Crippen molar-refractivity contribution in [2.45, 2.75) is 25.8 Å². The van der Waals surface area contributed by atoms with Gasteiger partial charge >= 0.3 is 12.8 Å². The second-order valence-electron chi connectivity index (χ2n) is 6.52. The lowest BCUT2D eigenvalue weighted by atomic mass is 9.94. The number of carbonyl (C=O) groups is 1. The van der Waals surface area contributed by atoms with E-state index in [1.807, 2.05) is 0 Å². The van der Waals surface area contributed by atoms with Crippen molar-refractivity contribution in [3.05, 3.63) is 70.9 Å². The summed E-state index contributed by atoms with van der Waals surface area (Å²) in [5, 5.41) is 8.15. The monoisotopic (exact) mass is 457 g/mol. The van der Waals surface area contributed by atoms with Crippen LogP contribution < -0.4 is 20.7 Å². The summed E-state index contributed by atoms with van der Waals surface area (Å²) < 4.78 is 68.9. The standard InChI is InChI=1S/C20H16F5N3O2S/c1-10-15(17(29)27-14-5-3-2-4-13(14)20(23,24)25)16(28-19(31)26-10)11-6-8-12(9-7-11)30-18(21)22/h2-9,16,18H,1H3,(H,27,29)(H2,26,28,31)/t16-/m1/s1. The van der Waals surface area contributed by atoms with E-state index >= 15 is 0 Å². The molecule has 31 heavy (non-hydrogen) atoms. The molecule has 0 unspecified atom stereocenters. The number of allylic oxidation sites excluding steroid dienone is 1. The highest BCUT2D eigenvalue weighted by atomic mass is 32.1. The fourth-order valence-electron chi connectivity index (χ4n) is 3.12. The number of carbonyl (C=O) groups excluding carboxylic acids is 1. The normalized spacial score (nSPS) is 16.6. The summed E-state index contributed by atoms with van der Waals surface area (Å²) in [6.07, 6.45) is -4.65. The third-order valence-corrected chi connectivity index (χ3v) is 4.65. The fourth-order valence-corrected chi connectivity index (χ4v) is 3.39. The van der Waals surface area contributed by atoms with Crippen LogP contribution in [-0.2, 0) is 11.0 Å². The molecule has 0 spiro atoms. The molecular formula is C20H16F5N3O2S. The Kier molecular flexibility index (Phi) is 6.44. The highest BCUT2D eigenvalue weighted by Gasteiger charge is 2.35. The van der Waals surface area contributed by atoms with Gasteiger partial charge in [-0.05, 0) is 49.0 Å². The third kappa shape index (κ3) is 5.29. The van der Waals surface area contributed by atoms with Crippen molar-refractivity contribution in [1.29, 1.82) is 0 Å². The van der Waals surface area contributed by atoms with Gasteiger partial charge in [0.1, 0.15) is 5.75 Å². The van der Waals surface area contributed by atoms with Gasteiger partial charge in [-0.2, -0.15) is 22.0 Å². The van der Waals surface area contributed by atoms with E-state index in [1.54, 1.807) is 6.92 Å². The van der Waals surface area contributed by atoms with Crippen LogP contribution in [0.2, 0.25) is 0 Å². The van der Waals surface area contributed by atoms with Crippen molar-refractivity contribution in [1.82, 2.24) is 10.6 Å². The Morgan fingerprint density at radius 2 is 1.77 bits per heavy atom. The lowest BCUT2D eigenvalue weighted by Gasteiger charge is -2.30. The number of alkyl halides is 5. The highest BCUT2D eigenvalue weighted by molar-refractivity contribution is 7.80. The Balaban J connectivity index is 1.93. The predicted octanol–water partition coefficient (Wildman–Crippen LogP) is 4.74. The van der Waals surface area contributed by atoms with Crippen molar-refractivity contribution in [3.8, 4) is 5.75 Å². The second-order valence-corrected chi connectivity index (χ2v) is 6.92. The molecule has 1 amide bonds. The van der Waals surface area contributed by atoms with Gasteiger partial charge in [0, 0.05) is 5.70 Å². The van der Waals surface area contributed by atoms with E-state index < -0.39 is 36.0 Å². The molecule has 0 radical (unpaired) electrons. The fraction of sp³-hybridized carbons (Fsp3) is 0.200. The number of rotatable bonds is 5. The molecule has 3 N–H and O–H groups in total. The van der Waals surface area contributed by atoms with Crippen LogP contribution in [0, 0.1) is 0 Å². The number of halogens is 5. The first-order valence-corrected chi connectivity index (χ1v) is 9.27. The van der Waals surface area contributed by atoms with Gasteiger partial charge in [-0.1, -0.05) is 24.3 Å². The van der Waals surface area contributed by atoms with Gasteiger partial charge in [0.15, 0.2) is 5.11 Å². The maximum Gasteiger partial charge on any atom is 0.418 e. The summed E-state index contributed by atoms with van der Waals surface area (Å²) in [5.74, 6) is -0.865. The summed E-state index contributed by atoms with van der Waals surface area (Å²) in [7, 11) is 0. The van der Waals surface area contributed by atoms with E-state index in [9.17, 15) is 26.7 Å². The molecule has 3 rings (SSSR count). The van der Waals surface area contributed by atoms with Gasteiger partial charge in [-0.3, -0.25) is 4.79 Å². The Morgan fingerprint density at radius 1 is 1.13 bits per heavy atom. The van der Waals surface area contributed by atoms with Crippen LogP contribution in [0.4, 0.5) is 27.6 Å². The molecule has 0 bridgehead atoms. The third-order valence-electron chi connectivity index (χ3n) is 4.43. The zero-order valence-electron chi connectivity index (χ0n) is 15.9. The van der Waals surface area contributed by atoms with E-state index in [2.05, 4.69) is 20.7 Å². The minimum atomic E-state index is -4.65. The Morgan fingerprint density at radius 3 is 2.39 bits per heavy atom. The molecular weight excluding hydrogens is 441 g/mol. The maximum atomic E-state index is 13.3. The summed E-state index contributed by atoms with van der Waals surface area (Å²) in [5.41, 5.74) is -0.484. The Labute approximate surface area is 179 Å². The molecule has 0 fully saturated rings. The minimum Gasteiger partial charge on any atom is -0.435 e. The average Bonchev–Trinajstić information content (AvgIpc) is 2.67. The van der Waals surface area contributed by atoms with E-state index in [0.717, 1.165) is 12.1 Å². The van der Waals surface area contributed by atoms with E-state index in [0.29, 0.717) is 11.3 Å². The van der Waals surface area contributed by atoms with Crippen molar-refractivity contribution in [3.63, 3.8) is 0 Å². The van der Waals surface area contributed by atoms with Crippen LogP contribution in [0.5, 0.6) is 5.75 Å². The Hall–Kier alpha value is -3.21. The summed E-state index contributed by atoms with van der Waals surface area (Å²) in [6.45, 7) is -1.44. The number of anilines is 1. The van der Waals surface area contributed by atoms with Gasteiger partial charge in [0.2, 0.25) is 0 Å². The van der Waals surface area contributed by atoms with E-state index in [-0.39, 0.29) is 16.4 Å². The number of para-hydroxylation sites is 1. The van der Waals surface area contributed by atoms with Gasteiger partial charge < -0.3 is 20.7 Å². The molecule has 1 heterocycles. The smallest absolute Gasteiger partial charge is 0.418 e. The molecule has 1 atom stereocenters. The molecule has 0 aliphatic carbocycles. The largest absolute Gasteiger partial charge is 0.435 e. The number of amides is 1. The lowest BCUT2D eigenvalue weighted by Crippen LogP contribution is -2.45. The van der Waals surface area contributed by atoms with Crippen molar-refractivity contribution < 1.29 is 31.5 Å². The average molecular weight is 457 g/mol. The van der Waals surface area contributed by atoms with Crippen LogP contribution >= 0.6 is 12.2 Å². The number of ether oxygens (including phenoxy) is 1. The quantitative estimate of drug-likeness (QED) is 0.447. The SMILES string of the molecule is CC1=C(C(=O)Nc2ccccc2C(F)(F)F)[C@@H](c2ccc(OC(F)F)cc2)NC(=S)N1. The second kappa shape index (κ2) is 8.88. The summed E-state index contributed by atoms with van der Waals surface area (Å²) in [4.78, 5) is 13.0. The number of thiocarbonyl (C=S) groups is 1. The van der Waals surface area contributed by atoms with Gasteiger partial charge in [0.25, 0.3) is 5.91 Å². The predicted molar refractivity (Wildman–Crippen MR) is 107 cm³/mol. The van der Waals surface area contributed by atoms with Crippen LogP contribution in [0.3, 0.4) is 0 Å². The van der Waals surface area contributed by atoms with E-state index in [1.165, 1.54) is 36.4 Å². The van der Waals surface area contributed by atoms with Crippen molar-refractivity contribution in [2.75, 3.05) is 5.32 Å². The lowest BCUT2D eigenvalue weighted by molar-refractivity contribution is -0.137. The molecule has 0 saturated carbocycles. The van der Waals surface area contributed by atoms with Crippen LogP contribution in [-0.4, -0.2) is 17.6 Å². The molecule has 164 valence electrons. The van der Waals surface area contributed by atoms with Crippen molar-refractivity contribution in [2.24, 2.45) is 0 Å². The Bertz CT molecular complexity index is 1020. The first kappa shape index (κ1) is 22.5. The van der Waals surface area contributed by atoms with Crippen LogP contribution in [0.15, 0.2) is 59.8 Å². The van der Waals surface area contributed by atoms with Crippen LogP contribution in [0.1, 0.15) is 24.1 Å². The zero-order chi connectivity index (χ0) is 22.8. The molecule has 1 aliphatic heterocycles. The van der Waals surface area contributed by atoms with Gasteiger partial charge in [-0.15, -0.1) is 0 Å². The first-order chi connectivity index (χ1) is 14.6. The van der Waals surface area contributed by atoms with Crippen LogP contribution in [0.25, 0.3) is 0 Å². The summed E-state index contributed by atoms with van der Waals surface area (Å²) in [6, 6.07) is 9.26. The number of benzene rings is 2. The maximum absolute atomic E-state index is 13.3. The topological polar surface area (TPSA) is 62.4 Å². The molecule has 2 aromatic carbocycles. The van der Waals surface area contributed by atoms with E-state index in [4.69, 9.17) is 12.2 Å². The van der Waals surface area contributed by atoms with Gasteiger partial charge in [0.05, 0.1) is 22.9 Å². The van der Waals surface area contributed by atoms with Crippen molar-refractivity contribution >= 4 is 28.9 Å². The number of hydrogen-bond acceptors (Lipinski definition) is 3. The zero-order valence-corrected chi connectivity index (χ0v) is 16.7. The molecule has 1 aliphatic rings. The molecule has 11 heteroatoms. The molecule has 2 aromatic rings. The number of hydrogen-bond donors (Lipinski definition) is 3. The highest BCUT2D eigenvalue weighted by Crippen LogP contribution is 2.36. The minimum absolute atomic E-state index is 0.0823. The molecule has 0 aromatic heterocycles.